The van der Waals surface area contributed by atoms with E-state index in [0.717, 1.165) is 6.42 Å². The predicted molar refractivity (Wildman–Crippen MR) is 69.7 cm³/mol. The molecule has 0 aliphatic carbocycles. The van der Waals surface area contributed by atoms with Crippen LogP contribution in [0.4, 0.5) is 13.2 Å². The summed E-state index contributed by atoms with van der Waals surface area (Å²) in [6, 6.07) is 0. The first-order valence-electron chi connectivity index (χ1n) is 6.84. The third-order valence-corrected chi connectivity index (χ3v) is 2.95. The highest BCUT2D eigenvalue weighted by Crippen LogP contribution is 2.21. The summed E-state index contributed by atoms with van der Waals surface area (Å²) < 4.78 is 40.7. The van der Waals surface area contributed by atoms with E-state index in [1.54, 1.807) is 6.92 Å². The SMILES string of the molecule is CCCNC(C)(CCCOCCCC(F)(F)F)C(=O)O. The zero-order chi connectivity index (χ0) is 15.6. The van der Waals surface area contributed by atoms with Gasteiger partial charge in [0.25, 0.3) is 0 Å². The highest BCUT2D eigenvalue weighted by Gasteiger charge is 2.31. The van der Waals surface area contributed by atoms with Gasteiger partial charge >= 0.3 is 12.1 Å². The zero-order valence-corrected chi connectivity index (χ0v) is 12.1. The molecule has 0 bridgehead atoms. The van der Waals surface area contributed by atoms with E-state index in [9.17, 15) is 18.0 Å². The van der Waals surface area contributed by atoms with Crippen molar-refractivity contribution in [3.63, 3.8) is 0 Å². The molecule has 0 radical (unpaired) electrons. The van der Waals surface area contributed by atoms with Crippen LogP contribution in [0.5, 0.6) is 0 Å². The molecule has 0 saturated heterocycles. The van der Waals surface area contributed by atoms with Gasteiger partial charge in [0.2, 0.25) is 0 Å². The van der Waals surface area contributed by atoms with Crippen LogP contribution in [0.3, 0.4) is 0 Å². The van der Waals surface area contributed by atoms with Crippen molar-refractivity contribution in [2.75, 3.05) is 19.8 Å². The average Bonchev–Trinajstić information content (AvgIpc) is 2.33. The van der Waals surface area contributed by atoms with Gasteiger partial charge in [-0.3, -0.25) is 4.79 Å². The van der Waals surface area contributed by atoms with Gasteiger partial charge in [0, 0.05) is 19.6 Å². The Morgan fingerprint density at radius 3 is 2.20 bits per heavy atom. The number of halogens is 3. The topological polar surface area (TPSA) is 58.6 Å². The van der Waals surface area contributed by atoms with E-state index in [-0.39, 0.29) is 19.6 Å². The van der Waals surface area contributed by atoms with Crippen LogP contribution in [0.15, 0.2) is 0 Å². The Balaban J connectivity index is 3.77. The smallest absolute Gasteiger partial charge is 0.389 e. The van der Waals surface area contributed by atoms with Gasteiger partial charge in [-0.05, 0) is 39.2 Å². The first kappa shape index (κ1) is 19.2. The van der Waals surface area contributed by atoms with E-state index in [4.69, 9.17) is 9.84 Å². The fourth-order valence-electron chi connectivity index (χ4n) is 1.68. The van der Waals surface area contributed by atoms with Gasteiger partial charge < -0.3 is 15.2 Å². The molecular formula is C13H24F3NO3. The molecule has 120 valence electrons. The molecule has 0 rings (SSSR count). The molecule has 0 spiro atoms. The van der Waals surface area contributed by atoms with E-state index in [1.807, 2.05) is 6.92 Å². The molecule has 4 nitrogen and oxygen atoms in total. The number of nitrogens with one attached hydrogen (secondary N) is 1. The van der Waals surface area contributed by atoms with Crippen LogP contribution in [0.1, 0.15) is 46.0 Å². The van der Waals surface area contributed by atoms with Gasteiger partial charge in [0.15, 0.2) is 0 Å². The van der Waals surface area contributed by atoms with Crippen LogP contribution >= 0.6 is 0 Å². The summed E-state index contributed by atoms with van der Waals surface area (Å²) in [4.78, 5) is 11.2. The quantitative estimate of drug-likeness (QED) is 0.576. The van der Waals surface area contributed by atoms with Gasteiger partial charge in [-0.2, -0.15) is 13.2 Å². The van der Waals surface area contributed by atoms with Crippen LogP contribution in [0.25, 0.3) is 0 Å². The third kappa shape index (κ3) is 9.14. The van der Waals surface area contributed by atoms with E-state index in [0.29, 0.717) is 19.4 Å². The molecule has 0 fully saturated rings. The Bertz CT molecular complexity index is 285. The van der Waals surface area contributed by atoms with Gasteiger partial charge in [-0.25, -0.2) is 0 Å². The lowest BCUT2D eigenvalue weighted by molar-refractivity contribution is -0.145. The third-order valence-electron chi connectivity index (χ3n) is 2.95. The van der Waals surface area contributed by atoms with Crippen molar-refractivity contribution in [3.05, 3.63) is 0 Å². The van der Waals surface area contributed by atoms with E-state index < -0.39 is 24.1 Å². The number of rotatable bonds is 11. The molecule has 2 N–H and O–H groups in total. The van der Waals surface area contributed by atoms with Crippen molar-refractivity contribution < 1.29 is 27.8 Å². The van der Waals surface area contributed by atoms with Gasteiger partial charge in [-0.15, -0.1) is 0 Å². The maximum atomic E-state index is 11.9. The van der Waals surface area contributed by atoms with Crippen molar-refractivity contribution in [3.8, 4) is 0 Å². The number of hydrogen-bond acceptors (Lipinski definition) is 3. The molecule has 0 aliphatic heterocycles. The van der Waals surface area contributed by atoms with Crippen LogP contribution in [-0.4, -0.2) is 42.5 Å². The molecule has 1 unspecified atom stereocenters. The van der Waals surface area contributed by atoms with Gasteiger partial charge in [0.05, 0.1) is 0 Å². The molecule has 0 aromatic rings. The number of alkyl halides is 3. The second kappa shape index (κ2) is 9.18. The number of aliphatic carboxylic acids is 1. The summed E-state index contributed by atoms with van der Waals surface area (Å²) in [5.41, 5.74) is -1.01. The number of ether oxygens (including phenoxy) is 1. The second-order valence-corrected chi connectivity index (χ2v) is 5.00. The molecule has 0 aromatic heterocycles. The molecule has 0 heterocycles. The highest BCUT2D eigenvalue weighted by molar-refractivity contribution is 5.78. The zero-order valence-electron chi connectivity index (χ0n) is 12.1. The first-order valence-corrected chi connectivity index (χ1v) is 6.84. The van der Waals surface area contributed by atoms with E-state index in [2.05, 4.69) is 5.32 Å². The molecule has 0 aromatic carbocycles. The fourth-order valence-corrected chi connectivity index (χ4v) is 1.68. The summed E-state index contributed by atoms with van der Waals surface area (Å²) >= 11 is 0. The van der Waals surface area contributed by atoms with Crippen molar-refractivity contribution in [2.24, 2.45) is 0 Å². The lowest BCUT2D eigenvalue weighted by Crippen LogP contribution is -2.49. The normalized spacial score (nSPS) is 15.1. The predicted octanol–water partition coefficient (Wildman–Crippen LogP) is 2.97. The summed E-state index contributed by atoms with van der Waals surface area (Å²) in [5.74, 6) is -0.928. The van der Waals surface area contributed by atoms with Gasteiger partial charge in [-0.1, -0.05) is 6.92 Å². The monoisotopic (exact) mass is 299 g/mol. The Hall–Kier alpha value is -0.820. The summed E-state index contributed by atoms with van der Waals surface area (Å²) in [6.07, 6.45) is -3.36. The molecule has 20 heavy (non-hydrogen) atoms. The lowest BCUT2D eigenvalue weighted by atomic mass is 9.96. The Kier molecular flexibility index (Phi) is 8.80. The summed E-state index contributed by atoms with van der Waals surface area (Å²) in [5, 5.41) is 12.1. The number of carboxylic acids is 1. The standard InChI is InChI=1S/C13H24F3NO3/c1-3-8-17-12(2,11(18)19)6-4-9-20-10-5-7-13(14,15)16/h17H,3-10H2,1-2H3,(H,18,19). The van der Waals surface area contributed by atoms with Crippen molar-refractivity contribution in [2.45, 2.75) is 57.7 Å². The maximum absolute atomic E-state index is 11.9. The van der Waals surface area contributed by atoms with Gasteiger partial charge in [0.1, 0.15) is 5.54 Å². The Labute approximate surface area is 117 Å². The van der Waals surface area contributed by atoms with Crippen LogP contribution in [0, 0.1) is 0 Å². The van der Waals surface area contributed by atoms with Crippen LogP contribution in [-0.2, 0) is 9.53 Å². The minimum atomic E-state index is -4.14. The molecule has 1 atom stereocenters. The molecular weight excluding hydrogens is 275 g/mol. The van der Waals surface area contributed by atoms with E-state index >= 15 is 0 Å². The fraction of sp³-hybridized carbons (Fsp3) is 0.923. The molecule has 0 saturated carbocycles. The minimum Gasteiger partial charge on any atom is -0.480 e. The van der Waals surface area contributed by atoms with Crippen LogP contribution in [0.2, 0.25) is 0 Å². The van der Waals surface area contributed by atoms with E-state index in [1.165, 1.54) is 0 Å². The molecule has 7 heteroatoms. The number of carboxylic acid groups (broad SMARTS) is 1. The first-order chi connectivity index (χ1) is 9.21. The lowest BCUT2D eigenvalue weighted by Gasteiger charge is -2.26. The largest absolute Gasteiger partial charge is 0.480 e. The Morgan fingerprint density at radius 2 is 1.75 bits per heavy atom. The van der Waals surface area contributed by atoms with Crippen molar-refractivity contribution in [1.82, 2.24) is 5.32 Å². The second-order valence-electron chi connectivity index (χ2n) is 5.00. The molecule has 0 aliphatic rings. The number of carbonyl (C=O) groups is 1. The van der Waals surface area contributed by atoms with Crippen LogP contribution < -0.4 is 5.32 Å². The maximum Gasteiger partial charge on any atom is 0.389 e. The minimum absolute atomic E-state index is 0.0473. The molecule has 0 amide bonds. The summed E-state index contributed by atoms with van der Waals surface area (Å²) in [6.45, 7) is 4.48. The highest BCUT2D eigenvalue weighted by atomic mass is 19.4. The average molecular weight is 299 g/mol. The van der Waals surface area contributed by atoms with Crippen molar-refractivity contribution >= 4 is 5.97 Å². The Morgan fingerprint density at radius 1 is 1.20 bits per heavy atom. The number of hydrogen-bond donors (Lipinski definition) is 2. The van der Waals surface area contributed by atoms with Crippen molar-refractivity contribution in [1.29, 1.82) is 0 Å². The summed E-state index contributed by atoms with van der Waals surface area (Å²) in [7, 11) is 0.